The first-order valence-electron chi connectivity index (χ1n) is 8.27. The lowest BCUT2D eigenvalue weighted by Gasteiger charge is -2.33. The van der Waals surface area contributed by atoms with Gasteiger partial charge in [0.1, 0.15) is 0 Å². The Hall–Kier alpha value is -1.17. The number of hydrogen-bond donors (Lipinski definition) is 1. The van der Waals surface area contributed by atoms with Crippen molar-refractivity contribution >= 4 is 26.7 Å². The maximum atomic E-state index is 10.9. The highest BCUT2D eigenvalue weighted by atomic mass is 32.1. The third-order valence-electron chi connectivity index (χ3n) is 4.85. The second-order valence-electron chi connectivity index (χ2n) is 6.70. The Balaban J connectivity index is 1.46. The Labute approximate surface area is 135 Å². The average molecular weight is 317 g/mol. The highest BCUT2D eigenvalue weighted by molar-refractivity contribution is 7.22. The van der Waals surface area contributed by atoms with Gasteiger partial charge in [0.05, 0.1) is 22.4 Å². The Kier molecular flexibility index (Phi) is 3.80. The summed E-state index contributed by atoms with van der Waals surface area (Å²) < 4.78 is 1.23. The number of aromatic nitrogens is 1. The number of likely N-dealkylation sites (tertiary alicyclic amines) is 1. The molecule has 2 fully saturated rings. The molecular formula is C17H23N3OS. The van der Waals surface area contributed by atoms with Crippen molar-refractivity contribution < 1.29 is 5.11 Å². The number of thiazole rings is 1. The Bertz CT molecular complexity index is 619. The molecule has 1 N–H and O–H groups in total. The molecule has 2 aliphatic heterocycles. The van der Waals surface area contributed by atoms with E-state index in [4.69, 9.17) is 4.98 Å². The molecule has 4 nitrogen and oxygen atoms in total. The number of β-amino-alcohol motifs (C(OH)–C–C–N with tert-alkyl or cyclic N) is 1. The molecule has 2 aliphatic rings. The van der Waals surface area contributed by atoms with Crippen LogP contribution in [0.5, 0.6) is 0 Å². The zero-order valence-electron chi connectivity index (χ0n) is 12.9. The molecule has 0 amide bonds. The third-order valence-corrected chi connectivity index (χ3v) is 5.95. The zero-order valence-corrected chi connectivity index (χ0v) is 13.7. The van der Waals surface area contributed by atoms with Crippen molar-refractivity contribution in [3.63, 3.8) is 0 Å². The smallest absolute Gasteiger partial charge is 0.186 e. The van der Waals surface area contributed by atoms with Crippen LogP contribution in [-0.2, 0) is 0 Å². The third kappa shape index (κ3) is 2.85. The lowest BCUT2D eigenvalue weighted by atomic mass is 10.0. The zero-order chi connectivity index (χ0) is 15.0. The molecule has 118 valence electrons. The van der Waals surface area contributed by atoms with Gasteiger partial charge in [0.15, 0.2) is 5.13 Å². The van der Waals surface area contributed by atoms with Gasteiger partial charge in [0.25, 0.3) is 0 Å². The summed E-state index contributed by atoms with van der Waals surface area (Å²) >= 11 is 1.73. The number of piperidine rings is 1. The number of fused-ring (bicyclic) bond motifs is 1. The molecule has 0 bridgehead atoms. The minimum absolute atomic E-state index is 0.574. The number of nitrogens with zero attached hydrogens (tertiary/aromatic N) is 3. The van der Waals surface area contributed by atoms with E-state index in [2.05, 4.69) is 28.0 Å². The summed E-state index contributed by atoms with van der Waals surface area (Å²) in [4.78, 5) is 9.42. The van der Waals surface area contributed by atoms with E-state index >= 15 is 0 Å². The van der Waals surface area contributed by atoms with Gasteiger partial charge < -0.3 is 14.9 Å². The van der Waals surface area contributed by atoms with Gasteiger partial charge in [-0.1, -0.05) is 29.9 Å². The molecule has 1 atom stereocenters. The largest absolute Gasteiger partial charge is 0.387 e. The van der Waals surface area contributed by atoms with Crippen LogP contribution in [0.2, 0.25) is 0 Å². The molecule has 22 heavy (non-hydrogen) atoms. The molecule has 0 radical (unpaired) electrons. The molecule has 3 heterocycles. The van der Waals surface area contributed by atoms with Gasteiger partial charge >= 0.3 is 0 Å². The van der Waals surface area contributed by atoms with Crippen LogP contribution in [0.25, 0.3) is 10.2 Å². The van der Waals surface area contributed by atoms with Crippen molar-refractivity contribution in [1.82, 2.24) is 9.88 Å². The Morgan fingerprint density at radius 2 is 1.95 bits per heavy atom. The minimum atomic E-state index is -0.574. The van der Waals surface area contributed by atoms with Crippen molar-refractivity contribution in [3.05, 3.63) is 24.3 Å². The fraction of sp³-hybridized carbons (Fsp3) is 0.588. The van der Waals surface area contributed by atoms with Crippen LogP contribution >= 0.6 is 11.3 Å². The lowest BCUT2D eigenvalue weighted by molar-refractivity contribution is 0.0170. The van der Waals surface area contributed by atoms with E-state index in [0.29, 0.717) is 6.54 Å². The first kappa shape index (κ1) is 14.4. The maximum absolute atomic E-state index is 10.9. The summed E-state index contributed by atoms with van der Waals surface area (Å²) in [6.45, 7) is 4.72. The highest BCUT2D eigenvalue weighted by Crippen LogP contribution is 2.33. The van der Waals surface area contributed by atoms with E-state index in [9.17, 15) is 5.11 Å². The fourth-order valence-electron chi connectivity index (χ4n) is 3.68. The molecule has 2 aromatic rings. The van der Waals surface area contributed by atoms with Crippen LogP contribution in [0, 0.1) is 0 Å². The van der Waals surface area contributed by atoms with Gasteiger partial charge in [-0.3, -0.25) is 0 Å². The van der Waals surface area contributed by atoms with Crippen molar-refractivity contribution in [3.8, 4) is 0 Å². The van der Waals surface area contributed by atoms with Gasteiger partial charge in [0.2, 0.25) is 0 Å². The number of benzene rings is 1. The Morgan fingerprint density at radius 1 is 1.14 bits per heavy atom. The van der Waals surface area contributed by atoms with E-state index in [0.717, 1.165) is 43.2 Å². The summed E-state index contributed by atoms with van der Waals surface area (Å²) in [6, 6.07) is 8.27. The van der Waals surface area contributed by atoms with E-state index in [1.807, 2.05) is 6.07 Å². The molecular weight excluding hydrogens is 294 g/mol. The van der Waals surface area contributed by atoms with Crippen LogP contribution in [0.3, 0.4) is 0 Å². The van der Waals surface area contributed by atoms with E-state index in [1.165, 1.54) is 24.0 Å². The molecule has 4 rings (SSSR count). The minimum Gasteiger partial charge on any atom is -0.387 e. The topological polar surface area (TPSA) is 39.6 Å². The summed E-state index contributed by atoms with van der Waals surface area (Å²) in [7, 11) is 0. The number of hydrogen-bond acceptors (Lipinski definition) is 5. The van der Waals surface area contributed by atoms with Crippen molar-refractivity contribution in [2.75, 3.05) is 37.6 Å². The molecule has 1 unspecified atom stereocenters. The van der Waals surface area contributed by atoms with Gasteiger partial charge in [-0.15, -0.1) is 0 Å². The van der Waals surface area contributed by atoms with Crippen LogP contribution in [-0.4, -0.2) is 53.3 Å². The van der Waals surface area contributed by atoms with Crippen molar-refractivity contribution in [1.29, 1.82) is 0 Å². The second kappa shape index (κ2) is 5.80. The van der Waals surface area contributed by atoms with Crippen LogP contribution in [0.1, 0.15) is 25.7 Å². The standard InChI is InChI=1S/C17H23N3OS/c21-17(12-19-9-4-1-5-10-19)8-11-20(13-17)16-18-14-6-2-3-7-15(14)22-16/h2-3,6-7,21H,1,4-5,8-13H2. The first-order valence-corrected chi connectivity index (χ1v) is 9.09. The van der Waals surface area contributed by atoms with E-state index < -0.39 is 5.60 Å². The molecule has 1 aromatic heterocycles. The monoisotopic (exact) mass is 317 g/mol. The molecule has 0 aliphatic carbocycles. The van der Waals surface area contributed by atoms with E-state index in [1.54, 1.807) is 11.3 Å². The predicted octanol–water partition coefficient (Wildman–Crippen LogP) is 2.72. The molecule has 0 spiro atoms. The second-order valence-corrected chi connectivity index (χ2v) is 7.71. The number of rotatable bonds is 3. The summed E-state index contributed by atoms with van der Waals surface area (Å²) in [5, 5.41) is 12.0. The summed E-state index contributed by atoms with van der Waals surface area (Å²) in [5.74, 6) is 0. The van der Waals surface area contributed by atoms with Gasteiger partial charge in [-0.05, 0) is 44.5 Å². The quantitative estimate of drug-likeness (QED) is 0.945. The maximum Gasteiger partial charge on any atom is 0.186 e. The van der Waals surface area contributed by atoms with Crippen LogP contribution in [0.15, 0.2) is 24.3 Å². The Morgan fingerprint density at radius 3 is 2.77 bits per heavy atom. The number of para-hydroxylation sites is 1. The van der Waals surface area contributed by atoms with E-state index in [-0.39, 0.29) is 0 Å². The van der Waals surface area contributed by atoms with Crippen molar-refractivity contribution in [2.45, 2.75) is 31.3 Å². The molecule has 2 saturated heterocycles. The number of aliphatic hydroxyl groups is 1. The molecule has 1 aromatic carbocycles. The van der Waals surface area contributed by atoms with Gasteiger partial charge in [-0.2, -0.15) is 0 Å². The normalized spacial score (nSPS) is 26.9. The molecule has 5 heteroatoms. The molecule has 0 saturated carbocycles. The van der Waals surface area contributed by atoms with Gasteiger partial charge in [0, 0.05) is 13.1 Å². The van der Waals surface area contributed by atoms with Crippen LogP contribution < -0.4 is 4.90 Å². The first-order chi connectivity index (χ1) is 10.7. The lowest BCUT2D eigenvalue weighted by Crippen LogP contribution is -2.46. The summed E-state index contributed by atoms with van der Waals surface area (Å²) in [5.41, 5.74) is 0.490. The van der Waals surface area contributed by atoms with Gasteiger partial charge in [-0.25, -0.2) is 4.98 Å². The highest BCUT2D eigenvalue weighted by Gasteiger charge is 2.38. The summed E-state index contributed by atoms with van der Waals surface area (Å²) in [6.07, 6.45) is 4.74. The van der Waals surface area contributed by atoms with Crippen molar-refractivity contribution in [2.24, 2.45) is 0 Å². The number of anilines is 1. The average Bonchev–Trinajstić information content (AvgIpc) is 3.12. The fourth-order valence-corrected chi connectivity index (χ4v) is 4.67. The SMILES string of the molecule is OC1(CN2CCCCC2)CCN(c2nc3ccccc3s2)C1. The van der Waals surface area contributed by atoms with Crippen LogP contribution in [0.4, 0.5) is 5.13 Å². The predicted molar refractivity (Wildman–Crippen MR) is 91.7 cm³/mol.